The number of ether oxygens (including phenoxy) is 1. The summed E-state index contributed by atoms with van der Waals surface area (Å²) >= 11 is 0. The molecular formula is C27H29F3N6O2. The number of amides is 1. The first-order chi connectivity index (χ1) is 18.2. The Kier molecular flexibility index (Phi) is 6.24. The van der Waals surface area contributed by atoms with Crippen molar-refractivity contribution in [2.75, 3.05) is 44.3 Å². The fourth-order valence-corrected chi connectivity index (χ4v) is 5.64. The smallest absolute Gasteiger partial charge is 0.379 e. The third kappa shape index (κ3) is 4.48. The molecule has 1 N–H and O–H groups in total. The van der Waals surface area contributed by atoms with Crippen LogP contribution in [0.15, 0.2) is 42.7 Å². The lowest BCUT2D eigenvalue weighted by molar-refractivity contribution is -0.138. The standard InChI is InChI=1S/C27H29F3N6O2/c1-34-17-32-33-24(34)12-26(15-38-16-26)19-3-2-4-20(11-19)36-14-22-21(25(36)37)9-18(10-23(22)27(28,29)30)13-35-7-5-31-6-8-35/h2-4,9-11,17,31H,5-8,12-16H2,1H3. The van der Waals surface area contributed by atoms with Gasteiger partial charge in [-0.25, -0.2) is 0 Å². The van der Waals surface area contributed by atoms with Crippen molar-refractivity contribution in [2.45, 2.75) is 31.1 Å². The second-order valence-corrected chi connectivity index (χ2v) is 10.4. The maximum atomic E-state index is 14.2. The number of aryl methyl sites for hydroxylation is 1. The molecule has 0 unspecified atom stereocenters. The van der Waals surface area contributed by atoms with Crippen LogP contribution in [0.1, 0.15) is 38.4 Å². The van der Waals surface area contributed by atoms with E-state index in [0.29, 0.717) is 37.4 Å². The van der Waals surface area contributed by atoms with Crippen LogP contribution in [0.3, 0.4) is 0 Å². The average Bonchev–Trinajstić information content (AvgIpc) is 3.43. The number of halogens is 3. The van der Waals surface area contributed by atoms with Gasteiger partial charge in [-0.3, -0.25) is 9.69 Å². The van der Waals surface area contributed by atoms with E-state index >= 15 is 0 Å². The Morgan fingerprint density at radius 3 is 2.58 bits per heavy atom. The van der Waals surface area contributed by atoms with Gasteiger partial charge in [-0.05, 0) is 41.0 Å². The monoisotopic (exact) mass is 526 g/mol. The molecule has 2 aromatic carbocycles. The molecule has 6 rings (SSSR count). The molecule has 0 aliphatic carbocycles. The predicted octanol–water partition coefficient (Wildman–Crippen LogP) is 2.91. The van der Waals surface area contributed by atoms with E-state index in [2.05, 4.69) is 20.4 Å². The molecule has 11 heteroatoms. The number of piperazine rings is 1. The number of nitrogens with one attached hydrogen (secondary N) is 1. The van der Waals surface area contributed by atoms with E-state index in [1.54, 1.807) is 18.5 Å². The van der Waals surface area contributed by atoms with E-state index in [-0.39, 0.29) is 23.1 Å². The first kappa shape index (κ1) is 25.0. The largest absolute Gasteiger partial charge is 0.416 e. The Morgan fingerprint density at radius 2 is 1.92 bits per heavy atom. The van der Waals surface area contributed by atoms with Gasteiger partial charge in [-0.15, -0.1) is 10.2 Å². The highest BCUT2D eigenvalue weighted by atomic mass is 19.4. The highest BCUT2D eigenvalue weighted by molar-refractivity contribution is 6.10. The molecule has 0 spiro atoms. The zero-order valence-corrected chi connectivity index (χ0v) is 21.1. The topological polar surface area (TPSA) is 75.5 Å². The summed E-state index contributed by atoms with van der Waals surface area (Å²) < 4.78 is 49.9. The quantitative estimate of drug-likeness (QED) is 0.533. The van der Waals surface area contributed by atoms with E-state index in [0.717, 1.165) is 37.6 Å². The summed E-state index contributed by atoms with van der Waals surface area (Å²) in [7, 11) is 1.88. The van der Waals surface area contributed by atoms with Crippen molar-refractivity contribution < 1.29 is 22.7 Å². The van der Waals surface area contributed by atoms with Crippen LogP contribution in [0.4, 0.5) is 18.9 Å². The lowest BCUT2D eigenvalue weighted by Crippen LogP contribution is -2.49. The van der Waals surface area contributed by atoms with Crippen molar-refractivity contribution in [3.63, 3.8) is 0 Å². The Hall–Kier alpha value is -3.28. The van der Waals surface area contributed by atoms with Crippen molar-refractivity contribution >= 4 is 11.6 Å². The maximum absolute atomic E-state index is 14.2. The van der Waals surface area contributed by atoms with Gasteiger partial charge in [-0.1, -0.05) is 12.1 Å². The highest BCUT2D eigenvalue weighted by Gasteiger charge is 2.43. The number of benzene rings is 2. The Balaban J connectivity index is 1.31. The zero-order valence-electron chi connectivity index (χ0n) is 21.1. The number of aromatic nitrogens is 3. The molecule has 2 fully saturated rings. The maximum Gasteiger partial charge on any atom is 0.416 e. The van der Waals surface area contributed by atoms with Gasteiger partial charge in [0.1, 0.15) is 12.2 Å². The van der Waals surface area contributed by atoms with Crippen molar-refractivity contribution in [1.29, 1.82) is 0 Å². The molecule has 3 aromatic rings. The molecule has 0 radical (unpaired) electrons. The third-order valence-corrected chi connectivity index (χ3v) is 7.85. The van der Waals surface area contributed by atoms with Crippen LogP contribution in [-0.2, 0) is 42.9 Å². The van der Waals surface area contributed by atoms with Crippen molar-refractivity contribution in [2.24, 2.45) is 7.05 Å². The molecule has 3 aliphatic rings. The first-order valence-corrected chi connectivity index (χ1v) is 12.7. The van der Waals surface area contributed by atoms with Crippen LogP contribution in [0, 0.1) is 0 Å². The first-order valence-electron chi connectivity index (χ1n) is 12.7. The summed E-state index contributed by atoms with van der Waals surface area (Å²) in [6.45, 7) is 4.34. The normalized spacial score (nSPS) is 19.5. The Labute approximate surface area is 218 Å². The van der Waals surface area contributed by atoms with Gasteiger partial charge in [-0.2, -0.15) is 13.2 Å². The molecule has 0 saturated carbocycles. The van der Waals surface area contributed by atoms with Crippen LogP contribution >= 0.6 is 0 Å². The number of alkyl halides is 3. The minimum atomic E-state index is -4.55. The lowest BCUT2D eigenvalue weighted by Gasteiger charge is -2.42. The van der Waals surface area contributed by atoms with Crippen LogP contribution in [0.2, 0.25) is 0 Å². The van der Waals surface area contributed by atoms with Crippen LogP contribution in [0.5, 0.6) is 0 Å². The van der Waals surface area contributed by atoms with Gasteiger partial charge in [0.15, 0.2) is 0 Å². The van der Waals surface area contributed by atoms with E-state index in [9.17, 15) is 18.0 Å². The second kappa shape index (κ2) is 9.48. The summed E-state index contributed by atoms with van der Waals surface area (Å²) in [4.78, 5) is 17.1. The summed E-state index contributed by atoms with van der Waals surface area (Å²) in [5.41, 5.74) is 1.16. The number of fused-ring (bicyclic) bond motifs is 1. The predicted molar refractivity (Wildman–Crippen MR) is 134 cm³/mol. The Morgan fingerprint density at radius 1 is 1.13 bits per heavy atom. The molecule has 0 atom stereocenters. The summed E-state index contributed by atoms with van der Waals surface area (Å²) in [6.07, 6.45) is -2.30. The van der Waals surface area contributed by atoms with Crippen molar-refractivity contribution in [3.8, 4) is 0 Å². The van der Waals surface area contributed by atoms with Crippen molar-refractivity contribution in [3.05, 3.63) is 76.4 Å². The summed E-state index contributed by atoms with van der Waals surface area (Å²) in [6, 6.07) is 10.4. The molecule has 2 saturated heterocycles. The molecule has 1 aromatic heterocycles. The van der Waals surface area contributed by atoms with Crippen LogP contribution in [-0.4, -0.2) is 65.0 Å². The molecule has 3 aliphatic heterocycles. The highest BCUT2D eigenvalue weighted by Crippen LogP contribution is 2.41. The zero-order chi connectivity index (χ0) is 26.5. The average molecular weight is 527 g/mol. The fraction of sp³-hybridized carbons (Fsp3) is 0.444. The lowest BCUT2D eigenvalue weighted by atomic mass is 9.75. The fourth-order valence-electron chi connectivity index (χ4n) is 5.64. The van der Waals surface area contributed by atoms with Gasteiger partial charge in [0, 0.05) is 62.9 Å². The number of carbonyl (C=O) groups excluding carboxylic acids is 1. The molecule has 8 nitrogen and oxygen atoms in total. The number of nitrogens with zero attached hydrogens (tertiary/aromatic N) is 5. The third-order valence-electron chi connectivity index (χ3n) is 7.85. The number of carbonyl (C=O) groups is 1. The van der Waals surface area contributed by atoms with Gasteiger partial charge in [0.25, 0.3) is 5.91 Å². The number of anilines is 1. The Bertz CT molecular complexity index is 1360. The number of hydrogen-bond donors (Lipinski definition) is 1. The van der Waals surface area contributed by atoms with E-state index in [4.69, 9.17) is 4.74 Å². The van der Waals surface area contributed by atoms with Gasteiger partial charge in [0.2, 0.25) is 0 Å². The summed E-state index contributed by atoms with van der Waals surface area (Å²) in [5.74, 6) is 0.409. The molecule has 1 amide bonds. The van der Waals surface area contributed by atoms with Crippen LogP contribution < -0.4 is 10.2 Å². The van der Waals surface area contributed by atoms with E-state index in [1.807, 2.05) is 29.8 Å². The minimum absolute atomic E-state index is 0.0396. The molecule has 4 heterocycles. The van der Waals surface area contributed by atoms with Gasteiger partial charge in [0.05, 0.1) is 25.3 Å². The second-order valence-electron chi connectivity index (χ2n) is 10.4. The minimum Gasteiger partial charge on any atom is -0.379 e. The van der Waals surface area contributed by atoms with Crippen LogP contribution in [0.25, 0.3) is 0 Å². The number of hydrogen-bond acceptors (Lipinski definition) is 6. The van der Waals surface area contributed by atoms with Gasteiger partial charge < -0.3 is 19.5 Å². The number of rotatable bonds is 6. The van der Waals surface area contributed by atoms with E-state index < -0.39 is 17.6 Å². The molecule has 200 valence electrons. The molecule has 0 bridgehead atoms. The molecular weight excluding hydrogens is 497 g/mol. The summed E-state index contributed by atoms with van der Waals surface area (Å²) in [5, 5.41) is 11.4. The van der Waals surface area contributed by atoms with E-state index in [1.165, 1.54) is 11.0 Å². The molecule has 38 heavy (non-hydrogen) atoms. The van der Waals surface area contributed by atoms with Crippen molar-refractivity contribution in [1.82, 2.24) is 25.0 Å². The SMILES string of the molecule is Cn1cnnc1CC1(c2cccc(N3Cc4c(cc(CN5CCNCC5)cc4C(F)(F)F)C3=O)c2)COC1. The van der Waals surface area contributed by atoms with Gasteiger partial charge >= 0.3 is 6.18 Å².